The zero-order valence-electron chi connectivity index (χ0n) is 31.3. The Balaban J connectivity index is 1.48. The Morgan fingerprint density at radius 2 is 1.82 bits per heavy atom. The van der Waals surface area contributed by atoms with Gasteiger partial charge in [-0.1, -0.05) is 11.6 Å². The van der Waals surface area contributed by atoms with E-state index in [4.69, 9.17) is 27.1 Å². The van der Waals surface area contributed by atoms with Crippen LogP contribution in [0.5, 0.6) is 5.75 Å². The maximum Gasteiger partial charge on any atom is 0.293 e. The monoisotopic (exact) mass is 880 g/mol. The number of fused-ring (bicyclic) bond motifs is 5. The van der Waals surface area contributed by atoms with Crippen LogP contribution in [0.15, 0.2) is 53.3 Å². The van der Waals surface area contributed by atoms with E-state index < -0.39 is 105 Å². The molecule has 2 aliphatic rings. The van der Waals surface area contributed by atoms with Gasteiger partial charge < -0.3 is 10.5 Å². The van der Waals surface area contributed by atoms with Crippen LogP contribution in [-0.2, 0) is 34.2 Å². The van der Waals surface area contributed by atoms with Crippen molar-refractivity contribution >= 4 is 55.2 Å². The van der Waals surface area contributed by atoms with Crippen LogP contribution in [0.1, 0.15) is 65.5 Å². The number of sulfonamides is 1. The van der Waals surface area contributed by atoms with Crippen molar-refractivity contribution in [2.45, 2.75) is 49.5 Å². The highest BCUT2D eigenvalue weighted by molar-refractivity contribution is 7.92. The summed E-state index contributed by atoms with van der Waals surface area (Å²) in [7, 11) is -2.58. The lowest BCUT2D eigenvalue weighted by Gasteiger charge is -2.30. The van der Waals surface area contributed by atoms with Crippen LogP contribution < -0.4 is 20.8 Å². The number of aromatic nitrogens is 6. The molecule has 22 heteroatoms. The molecule has 4 atom stereocenters. The molecule has 0 spiro atoms. The van der Waals surface area contributed by atoms with Gasteiger partial charge in [0.15, 0.2) is 5.82 Å². The Morgan fingerprint density at radius 3 is 2.47 bits per heavy atom. The van der Waals surface area contributed by atoms with Gasteiger partial charge in [0.2, 0.25) is 15.9 Å². The van der Waals surface area contributed by atoms with Crippen molar-refractivity contribution in [3.05, 3.63) is 104 Å². The molecule has 3 N–H and O–H groups in total. The average molecular weight is 881 g/mol. The highest BCUT2D eigenvalue weighted by Crippen LogP contribution is 2.68. The Kier molecular flexibility index (Phi) is 10.1. The third-order valence-electron chi connectivity index (χ3n) is 10.6. The average Bonchev–Trinajstić information content (AvgIpc) is 3.68. The molecule has 3 aromatic heterocycles. The number of amides is 1. The molecule has 1 amide bonds. The molecule has 1 fully saturated rings. The van der Waals surface area contributed by atoms with Gasteiger partial charge in [0.1, 0.15) is 40.6 Å². The number of benzene rings is 3. The predicted molar refractivity (Wildman–Crippen MR) is 204 cm³/mol. The number of carbonyl (C=O) groups is 1. The van der Waals surface area contributed by atoms with Gasteiger partial charge in [-0.3, -0.25) is 28.0 Å². The van der Waals surface area contributed by atoms with Gasteiger partial charge in [0.25, 0.3) is 17.9 Å². The van der Waals surface area contributed by atoms with Gasteiger partial charge in [0, 0.05) is 37.1 Å². The topological polar surface area (TPSA) is 169 Å². The van der Waals surface area contributed by atoms with Crippen molar-refractivity contribution in [1.82, 2.24) is 29.1 Å². The van der Waals surface area contributed by atoms with Crippen molar-refractivity contribution in [1.29, 1.82) is 0 Å². The molecule has 2 aliphatic carbocycles. The molecule has 13 nitrogen and oxygen atoms in total. The molecule has 1 unspecified atom stereocenters. The number of hydrogen-bond acceptors (Lipinski definition) is 8. The van der Waals surface area contributed by atoms with E-state index in [1.807, 2.05) is 0 Å². The smallest absolute Gasteiger partial charge is 0.293 e. The largest absolute Gasteiger partial charge is 0.493 e. The molecule has 1 saturated carbocycles. The van der Waals surface area contributed by atoms with E-state index in [2.05, 4.69) is 14.9 Å². The minimum Gasteiger partial charge on any atom is -0.493 e. The Labute approximate surface area is 339 Å². The number of primary amides is 1. The van der Waals surface area contributed by atoms with Gasteiger partial charge in [0.05, 0.1) is 58.0 Å². The number of anilines is 1. The summed E-state index contributed by atoms with van der Waals surface area (Å²) in [5.74, 6) is -12.1. The third kappa shape index (κ3) is 6.99. The number of nitrogens with zero attached hydrogens (tertiary/aromatic N) is 6. The molecule has 0 aliphatic heterocycles. The zero-order valence-corrected chi connectivity index (χ0v) is 32.8. The summed E-state index contributed by atoms with van der Waals surface area (Å²) in [4.78, 5) is 33.6. The molecule has 0 saturated heterocycles. The SMILES string of the molecule is Cn1nc(NS(C)(=O)=O)c2c(Cl)ccc(-n3c([C@@H](Cc4cc(F)cc(F)c4)C(C(N)=O)n4nc(C(F)F)c5c4C(F)(F)[C@@H]4C[C@H]54)nc4cc(OCCCF)ccc4c3=O)c21. The van der Waals surface area contributed by atoms with E-state index in [0.29, 0.717) is 10.7 Å². The molecular formula is C38H32ClF7N8O5S. The standard InChI is InChI=1S/C38H32ClF7N8O5S/c1-52-31-26(7-6-24(39)28(31)35(50-52)51-60(2,57)58)53-36(48-25-14-19(59-9-3-8-40)4-5-20(25)37(53)56)22(12-16-10-17(41)13-18(42)11-16)30(34(47)55)54-32-27(29(49-54)33(43)44)21-15-23(21)38(32,45)46/h4-7,10-11,13-14,21-23,30,33H,3,8-9,12,15H2,1-2H3,(H2,47,55)(H,50,51)/t21-,22-,23+,30?/m0/s1. The predicted octanol–water partition coefficient (Wildman–Crippen LogP) is 6.71. The van der Waals surface area contributed by atoms with Crippen molar-refractivity contribution in [2.24, 2.45) is 18.7 Å². The Bertz CT molecular complexity index is 2900. The second-order valence-corrected chi connectivity index (χ2v) is 16.9. The lowest BCUT2D eigenvalue weighted by Crippen LogP contribution is -2.39. The maximum atomic E-state index is 16.2. The fraction of sp³-hybridized carbons (Fsp3) is 0.342. The van der Waals surface area contributed by atoms with Crippen LogP contribution in [0.25, 0.3) is 27.5 Å². The first kappa shape index (κ1) is 41.1. The molecule has 6 aromatic rings. The van der Waals surface area contributed by atoms with Crippen LogP contribution in [-0.4, -0.2) is 63.0 Å². The summed E-state index contributed by atoms with van der Waals surface area (Å²) in [5.41, 5.74) is 2.26. The van der Waals surface area contributed by atoms with Gasteiger partial charge in [-0.2, -0.15) is 19.0 Å². The molecule has 0 radical (unpaired) electrons. The number of halogens is 8. The molecular weight excluding hydrogens is 849 g/mol. The second kappa shape index (κ2) is 14.8. The first-order valence-electron chi connectivity index (χ1n) is 18.2. The van der Waals surface area contributed by atoms with E-state index in [1.54, 1.807) is 0 Å². The Morgan fingerprint density at radius 1 is 1.10 bits per heavy atom. The van der Waals surface area contributed by atoms with Crippen LogP contribution in [0.4, 0.5) is 36.6 Å². The lowest BCUT2D eigenvalue weighted by molar-refractivity contribution is -0.122. The molecule has 3 heterocycles. The number of alkyl halides is 5. The fourth-order valence-electron chi connectivity index (χ4n) is 8.22. The second-order valence-electron chi connectivity index (χ2n) is 14.7. The zero-order chi connectivity index (χ0) is 43.2. The minimum absolute atomic E-state index is 0.00193. The van der Waals surface area contributed by atoms with Crippen LogP contribution in [0.2, 0.25) is 5.02 Å². The van der Waals surface area contributed by atoms with Crippen LogP contribution >= 0.6 is 11.6 Å². The van der Waals surface area contributed by atoms with Crippen molar-refractivity contribution < 1.29 is 48.7 Å². The van der Waals surface area contributed by atoms with Crippen molar-refractivity contribution in [3.63, 3.8) is 0 Å². The summed E-state index contributed by atoms with van der Waals surface area (Å²) in [5, 5.41) is 7.98. The van der Waals surface area contributed by atoms with Crippen molar-refractivity contribution in [2.75, 3.05) is 24.3 Å². The third-order valence-corrected chi connectivity index (χ3v) is 11.5. The highest BCUT2D eigenvalue weighted by atomic mass is 35.5. The summed E-state index contributed by atoms with van der Waals surface area (Å²) in [6.45, 7) is -0.781. The quantitative estimate of drug-likeness (QED) is 0.0899. The van der Waals surface area contributed by atoms with E-state index in [-0.39, 0.29) is 69.1 Å². The summed E-state index contributed by atoms with van der Waals surface area (Å²) >= 11 is 6.60. The Hall–Kier alpha value is -5.70. The van der Waals surface area contributed by atoms with Gasteiger partial charge in [-0.15, -0.1) is 0 Å². The molecule has 8 rings (SSSR count). The van der Waals surface area contributed by atoms with Gasteiger partial charge in [-0.25, -0.2) is 35.6 Å². The van der Waals surface area contributed by atoms with E-state index in [1.165, 1.54) is 42.1 Å². The van der Waals surface area contributed by atoms with Crippen LogP contribution in [0, 0.1) is 17.6 Å². The maximum absolute atomic E-state index is 16.2. The minimum atomic E-state index is -3.97. The normalized spacial score (nSPS) is 17.9. The number of hydrogen-bond donors (Lipinski definition) is 2. The number of rotatable bonds is 14. The van der Waals surface area contributed by atoms with Gasteiger partial charge >= 0.3 is 0 Å². The number of nitrogens with one attached hydrogen (secondary N) is 1. The molecule has 3 aromatic carbocycles. The first-order chi connectivity index (χ1) is 28.3. The van der Waals surface area contributed by atoms with Crippen LogP contribution in [0.3, 0.4) is 0 Å². The van der Waals surface area contributed by atoms with Crippen molar-refractivity contribution in [3.8, 4) is 11.4 Å². The molecule has 316 valence electrons. The number of ether oxygens (including phenoxy) is 1. The lowest BCUT2D eigenvalue weighted by atomic mass is 9.89. The molecule has 60 heavy (non-hydrogen) atoms. The number of nitrogens with two attached hydrogens (primary N) is 1. The first-order valence-corrected chi connectivity index (χ1v) is 20.5. The van der Waals surface area contributed by atoms with E-state index >= 15 is 13.6 Å². The summed E-state index contributed by atoms with van der Waals surface area (Å²) in [6.07, 6.45) is -3.30. The van der Waals surface area contributed by atoms with Gasteiger partial charge in [-0.05, 0) is 60.7 Å². The number of aryl methyl sites for hydroxylation is 1. The van der Waals surface area contributed by atoms with E-state index in [0.717, 1.165) is 23.0 Å². The molecule has 0 bridgehead atoms. The number of carbonyl (C=O) groups excluding carboxylic acids is 1. The highest BCUT2D eigenvalue weighted by Gasteiger charge is 2.67. The van der Waals surface area contributed by atoms with E-state index in [9.17, 15) is 35.2 Å². The fourth-order valence-corrected chi connectivity index (χ4v) is 8.95. The summed E-state index contributed by atoms with van der Waals surface area (Å²) < 4.78 is 139. The summed E-state index contributed by atoms with van der Waals surface area (Å²) in [6, 6.07) is 6.77.